The van der Waals surface area contributed by atoms with Gasteiger partial charge in [-0.05, 0) is 25.0 Å². The second-order valence-electron chi connectivity index (χ2n) is 3.66. The SMILES string of the molecule is CC[C@H](N)c1nc(-c2cnccc2C)no1. The van der Waals surface area contributed by atoms with Crippen molar-refractivity contribution >= 4 is 0 Å². The highest BCUT2D eigenvalue weighted by Gasteiger charge is 2.14. The van der Waals surface area contributed by atoms with E-state index >= 15 is 0 Å². The van der Waals surface area contributed by atoms with E-state index in [2.05, 4.69) is 15.1 Å². The van der Waals surface area contributed by atoms with E-state index in [0.717, 1.165) is 17.5 Å². The molecule has 2 rings (SSSR count). The van der Waals surface area contributed by atoms with Crippen LogP contribution in [0.5, 0.6) is 0 Å². The third-order valence-electron chi connectivity index (χ3n) is 2.48. The first-order valence-corrected chi connectivity index (χ1v) is 5.22. The third kappa shape index (κ3) is 1.94. The van der Waals surface area contributed by atoms with E-state index in [1.807, 2.05) is 19.9 Å². The maximum Gasteiger partial charge on any atom is 0.243 e. The van der Waals surface area contributed by atoms with E-state index in [0.29, 0.717) is 11.7 Å². The van der Waals surface area contributed by atoms with Gasteiger partial charge in [-0.2, -0.15) is 4.98 Å². The molecule has 16 heavy (non-hydrogen) atoms. The van der Waals surface area contributed by atoms with Crippen LogP contribution in [0.15, 0.2) is 23.0 Å². The van der Waals surface area contributed by atoms with Crippen molar-refractivity contribution < 1.29 is 4.52 Å². The Bertz CT molecular complexity index is 480. The van der Waals surface area contributed by atoms with Crippen LogP contribution < -0.4 is 5.73 Å². The lowest BCUT2D eigenvalue weighted by molar-refractivity contribution is 0.352. The van der Waals surface area contributed by atoms with Gasteiger partial charge in [-0.3, -0.25) is 4.98 Å². The van der Waals surface area contributed by atoms with Gasteiger partial charge in [0.25, 0.3) is 0 Å². The highest BCUT2D eigenvalue weighted by atomic mass is 16.5. The van der Waals surface area contributed by atoms with Crippen LogP contribution in [0.1, 0.15) is 30.8 Å². The number of rotatable bonds is 3. The van der Waals surface area contributed by atoms with Gasteiger partial charge < -0.3 is 10.3 Å². The van der Waals surface area contributed by atoms with Crippen molar-refractivity contribution in [2.24, 2.45) is 5.73 Å². The monoisotopic (exact) mass is 218 g/mol. The molecule has 1 atom stereocenters. The molecule has 0 saturated heterocycles. The van der Waals surface area contributed by atoms with Crippen LogP contribution in [0, 0.1) is 6.92 Å². The molecule has 2 aromatic rings. The van der Waals surface area contributed by atoms with Gasteiger partial charge in [0.2, 0.25) is 11.7 Å². The van der Waals surface area contributed by atoms with Gasteiger partial charge in [0, 0.05) is 18.0 Å². The molecule has 0 spiro atoms. The predicted molar refractivity (Wildman–Crippen MR) is 59.5 cm³/mol. The Labute approximate surface area is 93.7 Å². The smallest absolute Gasteiger partial charge is 0.243 e. The van der Waals surface area contributed by atoms with Crippen molar-refractivity contribution in [3.63, 3.8) is 0 Å². The molecule has 2 heterocycles. The van der Waals surface area contributed by atoms with Gasteiger partial charge in [0.15, 0.2) is 0 Å². The summed E-state index contributed by atoms with van der Waals surface area (Å²) in [7, 11) is 0. The number of aryl methyl sites for hydroxylation is 1. The van der Waals surface area contributed by atoms with E-state index in [1.165, 1.54) is 0 Å². The Hall–Kier alpha value is -1.75. The number of nitrogens with zero attached hydrogens (tertiary/aromatic N) is 3. The van der Waals surface area contributed by atoms with Gasteiger partial charge in [0.1, 0.15) is 0 Å². The van der Waals surface area contributed by atoms with Gasteiger partial charge in [-0.25, -0.2) is 0 Å². The Morgan fingerprint density at radius 3 is 3.00 bits per heavy atom. The molecule has 0 aliphatic carbocycles. The molecule has 2 aromatic heterocycles. The molecule has 0 aliphatic rings. The number of nitrogens with two attached hydrogens (primary N) is 1. The first kappa shape index (κ1) is 10.8. The molecule has 2 N–H and O–H groups in total. The van der Waals surface area contributed by atoms with Crippen molar-refractivity contribution in [2.45, 2.75) is 26.3 Å². The molecular weight excluding hydrogens is 204 g/mol. The van der Waals surface area contributed by atoms with Crippen LogP contribution in [0.2, 0.25) is 0 Å². The minimum atomic E-state index is -0.196. The fourth-order valence-corrected chi connectivity index (χ4v) is 1.37. The average Bonchev–Trinajstić information content (AvgIpc) is 2.78. The summed E-state index contributed by atoms with van der Waals surface area (Å²) in [5.74, 6) is 1.02. The van der Waals surface area contributed by atoms with Crippen LogP contribution in [0.3, 0.4) is 0 Å². The average molecular weight is 218 g/mol. The molecule has 0 radical (unpaired) electrons. The lowest BCUT2D eigenvalue weighted by Gasteiger charge is -2.00. The van der Waals surface area contributed by atoms with Gasteiger partial charge in [-0.15, -0.1) is 0 Å². The topological polar surface area (TPSA) is 77.8 Å². The molecule has 0 aromatic carbocycles. The lowest BCUT2D eigenvalue weighted by Crippen LogP contribution is -2.08. The van der Waals surface area contributed by atoms with Crippen molar-refractivity contribution in [2.75, 3.05) is 0 Å². The molecule has 84 valence electrons. The van der Waals surface area contributed by atoms with E-state index < -0.39 is 0 Å². The molecule has 5 heteroatoms. The Morgan fingerprint density at radius 1 is 1.50 bits per heavy atom. The van der Waals surface area contributed by atoms with E-state index in [-0.39, 0.29) is 6.04 Å². The summed E-state index contributed by atoms with van der Waals surface area (Å²) in [5.41, 5.74) is 7.75. The Kier molecular flexibility index (Phi) is 2.96. The summed E-state index contributed by atoms with van der Waals surface area (Å²) in [5, 5.41) is 3.91. The maximum atomic E-state index is 5.81. The zero-order valence-electron chi connectivity index (χ0n) is 9.34. The molecule has 0 aliphatic heterocycles. The molecule has 0 bridgehead atoms. The molecular formula is C11H14N4O. The summed E-state index contributed by atoms with van der Waals surface area (Å²) in [6, 6.07) is 1.71. The van der Waals surface area contributed by atoms with Crippen LogP contribution in [0.4, 0.5) is 0 Å². The zero-order valence-corrected chi connectivity index (χ0v) is 9.34. The van der Waals surface area contributed by atoms with Crippen molar-refractivity contribution in [1.29, 1.82) is 0 Å². The summed E-state index contributed by atoms with van der Waals surface area (Å²) < 4.78 is 5.11. The molecule has 0 saturated carbocycles. The quantitative estimate of drug-likeness (QED) is 0.850. The molecule has 5 nitrogen and oxygen atoms in total. The third-order valence-corrected chi connectivity index (χ3v) is 2.48. The minimum Gasteiger partial charge on any atom is -0.337 e. The van der Waals surface area contributed by atoms with Gasteiger partial charge in [0.05, 0.1) is 6.04 Å². The van der Waals surface area contributed by atoms with Crippen LogP contribution in [0.25, 0.3) is 11.4 Å². The number of hydrogen-bond donors (Lipinski definition) is 1. The normalized spacial score (nSPS) is 12.7. The van der Waals surface area contributed by atoms with E-state index in [9.17, 15) is 0 Å². The first-order chi connectivity index (χ1) is 7.72. The van der Waals surface area contributed by atoms with Crippen molar-refractivity contribution in [3.05, 3.63) is 29.9 Å². The van der Waals surface area contributed by atoms with Crippen molar-refractivity contribution in [3.8, 4) is 11.4 Å². The van der Waals surface area contributed by atoms with Gasteiger partial charge in [-0.1, -0.05) is 12.1 Å². The highest BCUT2D eigenvalue weighted by Crippen LogP contribution is 2.20. The summed E-state index contributed by atoms with van der Waals surface area (Å²) in [6.45, 7) is 3.96. The van der Waals surface area contributed by atoms with Crippen LogP contribution >= 0.6 is 0 Å². The predicted octanol–water partition coefficient (Wildman–Crippen LogP) is 1.85. The fourth-order valence-electron chi connectivity index (χ4n) is 1.37. The number of hydrogen-bond acceptors (Lipinski definition) is 5. The van der Waals surface area contributed by atoms with Crippen molar-refractivity contribution in [1.82, 2.24) is 15.1 Å². The molecule has 0 amide bonds. The summed E-state index contributed by atoms with van der Waals surface area (Å²) in [6.07, 6.45) is 4.23. The highest BCUT2D eigenvalue weighted by molar-refractivity contribution is 5.57. The number of aromatic nitrogens is 3. The van der Waals surface area contributed by atoms with Gasteiger partial charge >= 0.3 is 0 Å². The zero-order chi connectivity index (χ0) is 11.5. The molecule has 0 unspecified atom stereocenters. The second kappa shape index (κ2) is 4.40. The summed E-state index contributed by atoms with van der Waals surface area (Å²) in [4.78, 5) is 8.31. The minimum absolute atomic E-state index is 0.196. The lowest BCUT2D eigenvalue weighted by atomic mass is 10.1. The maximum absolute atomic E-state index is 5.81. The Morgan fingerprint density at radius 2 is 2.31 bits per heavy atom. The molecule has 0 fully saturated rings. The van der Waals surface area contributed by atoms with E-state index in [1.54, 1.807) is 12.4 Å². The largest absolute Gasteiger partial charge is 0.337 e. The number of pyridine rings is 1. The van der Waals surface area contributed by atoms with Crippen LogP contribution in [-0.4, -0.2) is 15.1 Å². The first-order valence-electron chi connectivity index (χ1n) is 5.22. The van der Waals surface area contributed by atoms with E-state index in [4.69, 9.17) is 10.3 Å². The summed E-state index contributed by atoms with van der Waals surface area (Å²) >= 11 is 0. The fraction of sp³-hybridized carbons (Fsp3) is 0.364. The standard InChI is InChI=1S/C11H14N4O/c1-3-9(12)11-14-10(15-16-11)8-6-13-5-4-7(8)2/h4-6,9H,3,12H2,1-2H3/t9-/m0/s1. The second-order valence-corrected chi connectivity index (χ2v) is 3.66. The Balaban J connectivity index is 2.35. The van der Waals surface area contributed by atoms with Crippen LogP contribution in [-0.2, 0) is 0 Å².